The molecule has 1 aromatic carbocycles. The van der Waals surface area contributed by atoms with Gasteiger partial charge in [-0.2, -0.15) is 0 Å². The van der Waals surface area contributed by atoms with E-state index in [2.05, 4.69) is 11.9 Å². The van der Waals surface area contributed by atoms with E-state index in [9.17, 15) is 0 Å². The van der Waals surface area contributed by atoms with Crippen molar-refractivity contribution < 1.29 is 4.74 Å². The molecule has 1 heterocycles. The standard InChI is InChI=1S/C17H22N2O/c1-2-12-5-3-6-13(11-12)20-16-9-8-15(18)17-14(16)7-4-10-19-17/h4,7-10,12-13H,2-3,5-6,11,18H2,1H3. The fourth-order valence-corrected chi connectivity index (χ4v) is 3.17. The summed E-state index contributed by atoms with van der Waals surface area (Å²) in [5.74, 6) is 1.73. The molecule has 0 radical (unpaired) electrons. The van der Waals surface area contributed by atoms with Gasteiger partial charge in [0, 0.05) is 11.6 Å². The molecule has 3 rings (SSSR count). The largest absolute Gasteiger partial charge is 0.490 e. The SMILES string of the molecule is CCC1CCCC(Oc2ccc(N)c3ncccc23)C1. The summed E-state index contributed by atoms with van der Waals surface area (Å²) < 4.78 is 6.26. The molecule has 1 aromatic heterocycles. The van der Waals surface area contributed by atoms with E-state index in [-0.39, 0.29) is 0 Å². The second-order valence-corrected chi connectivity index (χ2v) is 5.73. The molecular formula is C17H22N2O. The van der Waals surface area contributed by atoms with Crippen molar-refractivity contribution >= 4 is 16.6 Å². The molecule has 0 spiro atoms. The second kappa shape index (κ2) is 5.70. The maximum Gasteiger partial charge on any atom is 0.129 e. The van der Waals surface area contributed by atoms with Gasteiger partial charge in [0.05, 0.1) is 17.3 Å². The van der Waals surface area contributed by atoms with Crippen LogP contribution in [-0.2, 0) is 0 Å². The molecule has 1 aliphatic carbocycles. The number of ether oxygens (including phenoxy) is 1. The summed E-state index contributed by atoms with van der Waals surface area (Å²) in [4.78, 5) is 4.36. The molecule has 1 saturated carbocycles. The Bertz CT molecular complexity index is 597. The van der Waals surface area contributed by atoms with Crippen LogP contribution in [0, 0.1) is 5.92 Å². The number of hydrogen-bond donors (Lipinski definition) is 1. The summed E-state index contributed by atoms with van der Waals surface area (Å²) in [6.07, 6.45) is 8.31. The zero-order valence-electron chi connectivity index (χ0n) is 12.0. The van der Waals surface area contributed by atoms with Gasteiger partial charge in [-0.3, -0.25) is 4.98 Å². The lowest BCUT2D eigenvalue weighted by molar-refractivity contribution is 0.123. The number of anilines is 1. The number of nitrogens with two attached hydrogens (primary N) is 1. The maximum absolute atomic E-state index is 6.26. The highest BCUT2D eigenvalue weighted by Gasteiger charge is 2.22. The van der Waals surface area contributed by atoms with Crippen molar-refractivity contribution in [3.63, 3.8) is 0 Å². The lowest BCUT2D eigenvalue weighted by Gasteiger charge is -2.29. The Balaban J connectivity index is 1.86. The van der Waals surface area contributed by atoms with Crippen LogP contribution in [0.15, 0.2) is 30.5 Å². The van der Waals surface area contributed by atoms with Crippen LogP contribution in [-0.4, -0.2) is 11.1 Å². The van der Waals surface area contributed by atoms with E-state index in [0.717, 1.165) is 29.0 Å². The normalized spacial score (nSPS) is 22.9. The molecule has 0 amide bonds. The molecule has 2 aromatic rings. The van der Waals surface area contributed by atoms with Crippen molar-refractivity contribution in [1.29, 1.82) is 0 Å². The fourth-order valence-electron chi connectivity index (χ4n) is 3.17. The molecule has 0 aliphatic heterocycles. The molecule has 20 heavy (non-hydrogen) atoms. The first-order chi connectivity index (χ1) is 9.78. The van der Waals surface area contributed by atoms with E-state index in [1.165, 1.54) is 25.7 Å². The smallest absolute Gasteiger partial charge is 0.129 e. The molecule has 2 N–H and O–H groups in total. The molecule has 0 saturated heterocycles. The summed E-state index contributed by atoms with van der Waals surface area (Å²) in [5.41, 5.74) is 7.54. The zero-order chi connectivity index (χ0) is 13.9. The molecular weight excluding hydrogens is 248 g/mol. The number of nitrogen functional groups attached to an aromatic ring is 1. The van der Waals surface area contributed by atoms with Gasteiger partial charge >= 0.3 is 0 Å². The van der Waals surface area contributed by atoms with Crippen LogP contribution in [0.5, 0.6) is 5.75 Å². The number of hydrogen-bond acceptors (Lipinski definition) is 3. The predicted molar refractivity (Wildman–Crippen MR) is 82.8 cm³/mol. The highest BCUT2D eigenvalue weighted by Crippen LogP contribution is 2.33. The van der Waals surface area contributed by atoms with Crippen molar-refractivity contribution in [1.82, 2.24) is 4.98 Å². The average molecular weight is 270 g/mol. The third kappa shape index (κ3) is 2.58. The van der Waals surface area contributed by atoms with Gasteiger partial charge in [-0.25, -0.2) is 0 Å². The molecule has 3 nitrogen and oxygen atoms in total. The summed E-state index contributed by atoms with van der Waals surface area (Å²) in [6.45, 7) is 2.27. The third-order valence-corrected chi connectivity index (χ3v) is 4.37. The predicted octanol–water partition coefficient (Wildman–Crippen LogP) is 4.16. The first-order valence-corrected chi connectivity index (χ1v) is 7.57. The Morgan fingerprint density at radius 1 is 1.30 bits per heavy atom. The number of benzene rings is 1. The van der Waals surface area contributed by atoms with E-state index in [4.69, 9.17) is 10.5 Å². The molecule has 3 heteroatoms. The first kappa shape index (κ1) is 13.2. The minimum absolute atomic E-state index is 0.334. The van der Waals surface area contributed by atoms with Gasteiger partial charge in [-0.05, 0) is 49.4 Å². The van der Waals surface area contributed by atoms with E-state index in [0.29, 0.717) is 11.8 Å². The Labute approximate surface area is 120 Å². The van der Waals surface area contributed by atoms with Gasteiger partial charge < -0.3 is 10.5 Å². The quantitative estimate of drug-likeness (QED) is 0.852. The highest BCUT2D eigenvalue weighted by atomic mass is 16.5. The Morgan fingerprint density at radius 3 is 3.05 bits per heavy atom. The molecule has 106 valence electrons. The molecule has 1 fully saturated rings. The van der Waals surface area contributed by atoms with Crippen molar-refractivity contribution in [2.24, 2.45) is 5.92 Å². The van der Waals surface area contributed by atoms with Crippen LogP contribution in [0.2, 0.25) is 0 Å². The maximum atomic E-state index is 6.26. The zero-order valence-corrected chi connectivity index (χ0v) is 12.0. The third-order valence-electron chi connectivity index (χ3n) is 4.37. The minimum atomic E-state index is 0.334. The monoisotopic (exact) mass is 270 g/mol. The van der Waals surface area contributed by atoms with Gasteiger partial charge in [-0.1, -0.05) is 19.8 Å². The number of rotatable bonds is 3. The van der Waals surface area contributed by atoms with E-state index >= 15 is 0 Å². The Kier molecular flexibility index (Phi) is 3.77. The van der Waals surface area contributed by atoms with Crippen molar-refractivity contribution in [2.75, 3.05) is 5.73 Å². The van der Waals surface area contributed by atoms with Gasteiger partial charge in [-0.15, -0.1) is 0 Å². The highest BCUT2D eigenvalue weighted by molar-refractivity contribution is 5.93. The minimum Gasteiger partial charge on any atom is -0.490 e. The van der Waals surface area contributed by atoms with Crippen LogP contribution in [0.4, 0.5) is 5.69 Å². The number of pyridine rings is 1. The van der Waals surface area contributed by atoms with Crippen molar-refractivity contribution in [3.05, 3.63) is 30.5 Å². The molecule has 0 bridgehead atoms. The van der Waals surface area contributed by atoms with E-state index < -0.39 is 0 Å². The Morgan fingerprint density at radius 2 is 2.20 bits per heavy atom. The summed E-state index contributed by atoms with van der Waals surface area (Å²) in [7, 11) is 0. The lowest BCUT2D eigenvalue weighted by Crippen LogP contribution is -2.25. The number of fused-ring (bicyclic) bond motifs is 1. The molecule has 2 atom stereocenters. The number of aromatic nitrogens is 1. The summed E-state index contributed by atoms with van der Waals surface area (Å²) in [5, 5.41) is 1.02. The lowest BCUT2D eigenvalue weighted by atomic mass is 9.85. The molecule has 1 aliphatic rings. The summed E-state index contributed by atoms with van der Waals surface area (Å²) in [6, 6.07) is 7.85. The van der Waals surface area contributed by atoms with E-state index in [1.807, 2.05) is 24.3 Å². The topological polar surface area (TPSA) is 48.1 Å². The van der Waals surface area contributed by atoms with Crippen LogP contribution >= 0.6 is 0 Å². The first-order valence-electron chi connectivity index (χ1n) is 7.57. The fraction of sp³-hybridized carbons (Fsp3) is 0.471. The van der Waals surface area contributed by atoms with E-state index in [1.54, 1.807) is 6.20 Å². The average Bonchev–Trinajstić information content (AvgIpc) is 2.51. The van der Waals surface area contributed by atoms with Gasteiger partial charge in [0.2, 0.25) is 0 Å². The van der Waals surface area contributed by atoms with Crippen molar-refractivity contribution in [2.45, 2.75) is 45.1 Å². The second-order valence-electron chi connectivity index (χ2n) is 5.73. The molecule has 2 unspecified atom stereocenters. The van der Waals surface area contributed by atoms with Crippen LogP contribution in [0.25, 0.3) is 10.9 Å². The number of nitrogens with zero attached hydrogens (tertiary/aromatic N) is 1. The van der Waals surface area contributed by atoms with Gasteiger partial charge in [0.25, 0.3) is 0 Å². The van der Waals surface area contributed by atoms with Crippen molar-refractivity contribution in [3.8, 4) is 5.75 Å². The van der Waals surface area contributed by atoms with Crippen LogP contribution < -0.4 is 10.5 Å². The summed E-state index contributed by atoms with van der Waals surface area (Å²) >= 11 is 0. The van der Waals surface area contributed by atoms with Gasteiger partial charge in [0.1, 0.15) is 5.75 Å². The van der Waals surface area contributed by atoms with Gasteiger partial charge in [0.15, 0.2) is 0 Å². The Hall–Kier alpha value is -1.77. The van der Waals surface area contributed by atoms with Crippen LogP contribution in [0.1, 0.15) is 39.0 Å². The van der Waals surface area contributed by atoms with Crippen LogP contribution in [0.3, 0.4) is 0 Å².